The Morgan fingerprint density at radius 2 is 1.78 bits per heavy atom. The summed E-state index contributed by atoms with van der Waals surface area (Å²) < 4.78 is 11.2. The van der Waals surface area contributed by atoms with E-state index in [4.69, 9.17) is 9.15 Å². The van der Waals surface area contributed by atoms with Crippen molar-refractivity contribution < 1.29 is 13.9 Å². The number of hydrogen-bond donors (Lipinski definition) is 1. The van der Waals surface area contributed by atoms with Crippen LogP contribution >= 0.6 is 0 Å². The zero-order valence-electron chi connectivity index (χ0n) is 13.3. The molecule has 1 saturated carbocycles. The lowest BCUT2D eigenvalue weighted by molar-refractivity contribution is 0.0901. The summed E-state index contributed by atoms with van der Waals surface area (Å²) in [7, 11) is 0. The summed E-state index contributed by atoms with van der Waals surface area (Å²) in [6, 6.07) is 13.4. The first kappa shape index (κ1) is 15.7. The highest BCUT2D eigenvalue weighted by molar-refractivity contribution is 5.91. The summed E-state index contributed by atoms with van der Waals surface area (Å²) in [5.74, 6) is 1.68. The zero-order chi connectivity index (χ0) is 15.9. The SMILES string of the molecule is O=C(NC1CCCCCC1)c1ccc(COc2ccccc2)o1. The van der Waals surface area contributed by atoms with Crippen molar-refractivity contribution in [1.29, 1.82) is 0 Å². The summed E-state index contributed by atoms with van der Waals surface area (Å²) in [6.45, 7) is 0.320. The third kappa shape index (κ3) is 4.62. The molecule has 1 aromatic heterocycles. The number of nitrogens with one attached hydrogen (secondary N) is 1. The van der Waals surface area contributed by atoms with Crippen LogP contribution in [0.1, 0.15) is 54.8 Å². The lowest BCUT2D eigenvalue weighted by atomic mass is 10.1. The highest BCUT2D eigenvalue weighted by Crippen LogP contribution is 2.18. The van der Waals surface area contributed by atoms with Gasteiger partial charge in [-0.05, 0) is 37.1 Å². The first-order valence-electron chi connectivity index (χ1n) is 8.39. The Labute approximate surface area is 136 Å². The van der Waals surface area contributed by atoms with Gasteiger partial charge < -0.3 is 14.5 Å². The molecule has 1 aliphatic carbocycles. The van der Waals surface area contributed by atoms with E-state index in [1.807, 2.05) is 30.3 Å². The summed E-state index contributed by atoms with van der Waals surface area (Å²) in [4.78, 5) is 12.3. The molecule has 1 heterocycles. The summed E-state index contributed by atoms with van der Waals surface area (Å²) in [6.07, 6.45) is 7.06. The van der Waals surface area contributed by atoms with Crippen molar-refractivity contribution in [2.75, 3.05) is 0 Å². The molecule has 122 valence electrons. The highest BCUT2D eigenvalue weighted by atomic mass is 16.5. The van der Waals surface area contributed by atoms with E-state index in [9.17, 15) is 4.79 Å². The second kappa shape index (κ2) is 7.86. The topological polar surface area (TPSA) is 51.5 Å². The normalized spacial score (nSPS) is 15.8. The number of para-hydroxylation sites is 1. The van der Waals surface area contributed by atoms with Crippen molar-refractivity contribution >= 4 is 5.91 Å². The molecule has 0 aliphatic heterocycles. The van der Waals surface area contributed by atoms with Gasteiger partial charge in [0.25, 0.3) is 5.91 Å². The standard InChI is InChI=1S/C19H23NO3/c21-19(20-15-8-4-1-2-5-9-15)18-13-12-17(23-18)14-22-16-10-6-3-7-11-16/h3,6-7,10-13,15H,1-2,4-5,8-9,14H2,(H,20,21). The molecular weight excluding hydrogens is 290 g/mol. The minimum atomic E-state index is -0.122. The van der Waals surface area contributed by atoms with Crippen molar-refractivity contribution in [3.05, 3.63) is 54.0 Å². The molecule has 3 rings (SSSR count). The fraction of sp³-hybridized carbons (Fsp3) is 0.421. The molecule has 1 aromatic carbocycles. The Kier molecular flexibility index (Phi) is 5.35. The van der Waals surface area contributed by atoms with Crippen LogP contribution in [0.25, 0.3) is 0 Å². The highest BCUT2D eigenvalue weighted by Gasteiger charge is 2.18. The fourth-order valence-corrected chi connectivity index (χ4v) is 2.93. The van der Waals surface area contributed by atoms with Gasteiger partial charge in [-0.2, -0.15) is 0 Å². The Bertz CT molecular complexity index is 613. The molecule has 23 heavy (non-hydrogen) atoms. The molecule has 4 heteroatoms. The van der Waals surface area contributed by atoms with Crippen LogP contribution in [0.5, 0.6) is 5.75 Å². The van der Waals surface area contributed by atoms with Gasteiger partial charge in [-0.25, -0.2) is 0 Å². The Balaban J connectivity index is 1.52. The molecule has 0 radical (unpaired) electrons. The van der Waals surface area contributed by atoms with Crippen molar-refractivity contribution in [3.63, 3.8) is 0 Å². The molecule has 0 atom stereocenters. The van der Waals surface area contributed by atoms with Gasteiger partial charge in [-0.1, -0.05) is 43.9 Å². The van der Waals surface area contributed by atoms with Crippen molar-refractivity contribution in [1.82, 2.24) is 5.32 Å². The molecule has 0 saturated heterocycles. The lowest BCUT2D eigenvalue weighted by Gasteiger charge is -2.14. The largest absolute Gasteiger partial charge is 0.486 e. The third-order valence-electron chi connectivity index (χ3n) is 4.20. The maximum atomic E-state index is 12.3. The molecule has 0 spiro atoms. The zero-order valence-corrected chi connectivity index (χ0v) is 13.3. The maximum Gasteiger partial charge on any atom is 0.287 e. The van der Waals surface area contributed by atoms with Crippen molar-refractivity contribution in [2.45, 2.75) is 51.2 Å². The average Bonchev–Trinajstić information content (AvgIpc) is 2.92. The molecular formula is C19H23NO3. The van der Waals surface area contributed by atoms with E-state index in [1.165, 1.54) is 25.7 Å². The molecule has 2 aromatic rings. The molecule has 1 fully saturated rings. The Hall–Kier alpha value is -2.23. The first-order valence-corrected chi connectivity index (χ1v) is 8.39. The van der Waals surface area contributed by atoms with Crippen LogP contribution in [-0.2, 0) is 6.61 Å². The number of amides is 1. The van der Waals surface area contributed by atoms with Crippen LogP contribution in [0.2, 0.25) is 0 Å². The van der Waals surface area contributed by atoms with Gasteiger partial charge in [0.05, 0.1) is 0 Å². The van der Waals surface area contributed by atoms with Crippen LogP contribution in [0.15, 0.2) is 46.9 Å². The van der Waals surface area contributed by atoms with Gasteiger partial charge in [-0.15, -0.1) is 0 Å². The number of furan rings is 1. The van der Waals surface area contributed by atoms with Crippen molar-refractivity contribution in [2.24, 2.45) is 0 Å². The van der Waals surface area contributed by atoms with Crippen LogP contribution in [-0.4, -0.2) is 11.9 Å². The van der Waals surface area contributed by atoms with E-state index < -0.39 is 0 Å². The van der Waals surface area contributed by atoms with Crippen LogP contribution in [0, 0.1) is 0 Å². The van der Waals surface area contributed by atoms with Gasteiger partial charge in [0.15, 0.2) is 5.76 Å². The molecule has 1 aliphatic rings. The number of ether oxygens (including phenoxy) is 1. The maximum absolute atomic E-state index is 12.3. The third-order valence-corrected chi connectivity index (χ3v) is 4.20. The molecule has 1 N–H and O–H groups in total. The minimum absolute atomic E-state index is 0.122. The minimum Gasteiger partial charge on any atom is -0.486 e. The Morgan fingerprint density at radius 3 is 2.52 bits per heavy atom. The molecule has 4 nitrogen and oxygen atoms in total. The monoisotopic (exact) mass is 313 g/mol. The summed E-state index contributed by atoms with van der Waals surface area (Å²) in [5, 5.41) is 3.09. The quantitative estimate of drug-likeness (QED) is 0.837. The summed E-state index contributed by atoms with van der Waals surface area (Å²) in [5.41, 5.74) is 0. The van der Waals surface area contributed by atoms with E-state index >= 15 is 0 Å². The van der Waals surface area contributed by atoms with Gasteiger partial charge in [0.2, 0.25) is 0 Å². The average molecular weight is 313 g/mol. The second-order valence-corrected chi connectivity index (χ2v) is 6.03. The summed E-state index contributed by atoms with van der Waals surface area (Å²) >= 11 is 0. The first-order chi connectivity index (χ1) is 11.3. The van der Waals surface area contributed by atoms with E-state index in [1.54, 1.807) is 12.1 Å². The molecule has 0 bridgehead atoms. The van der Waals surface area contributed by atoms with E-state index in [2.05, 4.69) is 5.32 Å². The fourth-order valence-electron chi connectivity index (χ4n) is 2.93. The second-order valence-electron chi connectivity index (χ2n) is 6.03. The van der Waals surface area contributed by atoms with Crippen LogP contribution in [0.4, 0.5) is 0 Å². The number of rotatable bonds is 5. The number of carbonyl (C=O) groups is 1. The Morgan fingerprint density at radius 1 is 1.04 bits per heavy atom. The number of hydrogen-bond acceptors (Lipinski definition) is 3. The van der Waals surface area contributed by atoms with Crippen molar-refractivity contribution in [3.8, 4) is 5.75 Å². The van der Waals surface area contributed by atoms with Crippen LogP contribution < -0.4 is 10.1 Å². The van der Waals surface area contributed by atoms with Gasteiger partial charge in [0, 0.05) is 6.04 Å². The van der Waals surface area contributed by atoms with E-state index in [-0.39, 0.29) is 11.9 Å². The predicted octanol–water partition coefficient (Wildman–Crippen LogP) is 4.31. The van der Waals surface area contributed by atoms with Gasteiger partial charge in [-0.3, -0.25) is 4.79 Å². The van der Waals surface area contributed by atoms with Gasteiger partial charge >= 0.3 is 0 Å². The molecule has 0 unspecified atom stereocenters. The molecule has 1 amide bonds. The smallest absolute Gasteiger partial charge is 0.287 e. The number of carbonyl (C=O) groups excluding carboxylic acids is 1. The van der Waals surface area contributed by atoms with Crippen LogP contribution in [0.3, 0.4) is 0 Å². The number of benzene rings is 1. The van der Waals surface area contributed by atoms with E-state index in [0.717, 1.165) is 18.6 Å². The van der Waals surface area contributed by atoms with E-state index in [0.29, 0.717) is 18.1 Å². The van der Waals surface area contributed by atoms with Gasteiger partial charge in [0.1, 0.15) is 18.1 Å². The predicted molar refractivity (Wildman–Crippen MR) is 88.4 cm³/mol. The lowest BCUT2D eigenvalue weighted by Crippen LogP contribution is -2.34.